The number of anilines is 1. The van der Waals surface area contributed by atoms with Gasteiger partial charge in [0.15, 0.2) is 6.61 Å². The molecule has 0 spiro atoms. The van der Waals surface area contributed by atoms with Gasteiger partial charge in [-0.05, 0) is 42.0 Å². The molecule has 0 radical (unpaired) electrons. The predicted molar refractivity (Wildman–Crippen MR) is 121 cm³/mol. The maximum absolute atomic E-state index is 12.1. The lowest BCUT2D eigenvalue weighted by Gasteiger charge is -2.06. The normalized spacial score (nSPS) is 12.8. The van der Waals surface area contributed by atoms with Gasteiger partial charge in [0.2, 0.25) is 0 Å². The van der Waals surface area contributed by atoms with Crippen molar-refractivity contribution in [1.29, 1.82) is 0 Å². The van der Waals surface area contributed by atoms with E-state index in [1.54, 1.807) is 6.08 Å². The summed E-state index contributed by atoms with van der Waals surface area (Å²) in [5, 5.41) is 2.55. The lowest BCUT2D eigenvalue weighted by Crippen LogP contribution is -2.24. The number of thiophene rings is 1. The Hall–Kier alpha value is -4.04. The second-order valence-electron chi connectivity index (χ2n) is 6.99. The number of hydrogen-bond donors (Lipinski definition) is 1. The summed E-state index contributed by atoms with van der Waals surface area (Å²) >= 11 is 1.54. The zero-order valence-electron chi connectivity index (χ0n) is 17.0. The number of imide groups is 1. The number of nitrogens with zero attached hydrogens (tertiary/aromatic N) is 1. The number of fused-ring (bicyclic) bond motifs is 1. The van der Waals surface area contributed by atoms with Crippen molar-refractivity contribution in [2.75, 3.05) is 19.0 Å². The highest BCUT2D eigenvalue weighted by atomic mass is 32.1. The second kappa shape index (κ2) is 8.99. The van der Waals surface area contributed by atoms with Crippen molar-refractivity contribution in [3.63, 3.8) is 0 Å². The molecule has 1 aliphatic heterocycles. The summed E-state index contributed by atoms with van der Waals surface area (Å²) in [4.78, 5) is 51.0. The summed E-state index contributed by atoms with van der Waals surface area (Å²) in [6, 6.07) is 18.2. The number of nitrogens with one attached hydrogen (secondary N) is 1. The third kappa shape index (κ3) is 4.50. The Balaban J connectivity index is 1.29. The zero-order chi connectivity index (χ0) is 22.7. The number of rotatable bonds is 6. The molecule has 32 heavy (non-hydrogen) atoms. The van der Waals surface area contributed by atoms with E-state index in [0.29, 0.717) is 5.69 Å². The molecule has 0 atom stereocenters. The van der Waals surface area contributed by atoms with Crippen molar-refractivity contribution in [3.05, 3.63) is 82.7 Å². The molecule has 0 fully saturated rings. The first-order valence-corrected chi connectivity index (χ1v) is 10.5. The Labute approximate surface area is 187 Å². The fourth-order valence-corrected chi connectivity index (χ4v) is 4.09. The van der Waals surface area contributed by atoms with Crippen LogP contribution in [0.2, 0.25) is 0 Å². The number of benzene rings is 2. The van der Waals surface area contributed by atoms with E-state index in [9.17, 15) is 19.2 Å². The van der Waals surface area contributed by atoms with E-state index in [-0.39, 0.29) is 17.0 Å². The van der Waals surface area contributed by atoms with Crippen molar-refractivity contribution in [1.82, 2.24) is 4.90 Å². The highest BCUT2D eigenvalue weighted by Gasteiger charge is 2.32. The van der Waals surface area contributed by atoms with E-state index < -0.39 is 24.4 Å². The van der Waals surface area contributed by atoms with Gasteiger partial charge in [-0.15, -0.1) is 11.3 Å². The molecule has 1 aliphatic rings. The Kier molecular flexibility index (Phi) is 5.96. The number of hydrogen-bond acceptors (Lipinski definition) is 6. The first kappa shape index (κ1) is 21.2. The molecule has 0 aliphatic carbocycles. The van der Waals surface area contributed by atoms with E-state index in [1.807, 2.05) is 42.5 Å². The molecule has 160 valence electrons. The smallest absolute Gasteiger partial charge is 0.331 e. The van der Waals surface area contributed by atoms with Crippen LogP contribution in [0.4, 0.5) is 5.69 Å². The van der Waals surface area contributed by atoms with E-state index >= 15 is 0 Å². The van der Waals surface area contributed by atoms with Gasteiger partial charge < -0.3 is 10.1 Å². The van der Waals surface area contributed by atoms with E-state index in [2.05, 4.69) is 5.32 Å². The van der Waals surface area contributed by atoms with Crippen molar-refractivity contribution >= 4 is 46.8 Å². The molecule has 0 bridgehead atoms. The molecular formula is C24H18N2O5S. The summed E-state index contributed by atoms with van der Waals surface area (Å²) in [6.07, 6.45) is 2.90. The molecular weight excluding hydrogens is 428 g/mol. The fourth-order valence-electron chi connectivity index (χ4n) is 3.17. The van der Waals surface area contributed by atoms with Crippen molar-refractivity contribution in [2.45, 2.75) is 0 Å². The summed E-state index contributed by atoms with van der Waals surface area (Å²) in [5.74, 6) is -2.02. The molecule has 3 aromatic rings. The molecule has 1 N–H and O–H groups in total. The van der Waals surface area contributed by atoms with Crippen molar-refractivity contribution < 1.29 is 23.9 Å². The first-order chi connectivity index (χ1) is 15.4. The van der Waals surface area contributed by atoms with E-state index in [0.717, 1.165) is 20.2 Å². The lowest BCUT2D eigenvalue weighted by molar-refractivity contribution is -0.142. The summed E-state index contributed by atoms with van der Waals surface area (Å²) in [6.45, 7) is -0.479. The first-order valence-electron chi connectivity index (χ1n) is 9.69. The van der Waals surface area contributed by atoms with Gasteiger partial charge in [0.05, 0.1) is 11.1 Å². The largest absolute Gasteiger partial charge is 0.452 e. The molecule has 1 aromatic heterocycles. The Morgan fingerprint density at radius 1 is 1.00 bits per heavy atom. The summed E-state index contributed by atoms with van der Waals surface area (Å²) in [7, 11) is 1.40. The summed E-state index contributed by atoms with van der Waals surface area (Å²) < 4.78 is 4.97. The van der Waals surface area contributed by atoms with Crippen LogP contribution in [0, 0.1) is 0 Å². The van der Waals surface area contributed by atoms with Crippen LogP contribution in [-0.2, 0) is 14.3 Å². The van der Waals surface area contributed by atoms with Gasteiger partial charge >= 0.3 is 5.97 Å². The molecule has 0 saturated carbocycles. The number of amides is 3. The van der Waals surface area contributed by atoms with Gasteiger partial charge in [-0.1, -0.05) is 30.3 Å². The van der Waals surface area contributed by atoms with Gasteiger partial charge in [-0.3, -0.25) is 19.3 Å². The van der Waals surface area contributed by atoms with Crippen LogP contribution in [0.3, 0.4) is 0 Å². The topological polar surface area (TPSA) is 92.8 Å². The van der Waals surface area contributed by atoms with Gasteiger partial charge in [0, 0.05) is 28.6 Å². The standard InChI is InChI=1S/C24H18N2O5S/c1-26-23(29)18-10-7-16(13-19(18)24(26)30)25-21(27)14-31-22(28)12-9-17-8-11-20(32-17)15-5-3-2-4-6-15/h2-13H,14H2,1H3,(H,25,27)/b12-9+. The quantitative estimate of drug-likeness (QED) is 0.353. The second-order valence-corrected chi connectivity index (χ2v) is 8.10. The van der Waals surface area contributed by atoms with Crippen LogP contribution in [0.15, 0.2) is 66.7 Å². The number of carbonyl (C=O) groups is 4. The number of ether oxygens (including phenoxy) is 1. The summed E-state index contributed by atoms with van der Waals surface area (Å²) in [5.41, 5.74) is 1.95. The molecule has 0 saturated heterocycles. The average Bonchev–Trinajstić information content (AvgIpc) is 3.36. The highest BCUT2D eigenvalue weighted by Crippen LogP contribution is 2.28. The van der Waals surface area contributed by atoms with Crippen molar-refractivity contribution in [2.24, 2.45) is 0 Å². The fraction of sp³-hybridized carbons (Fsp3) is 0.0833. The van der Waals surface area contributed by atoms with Crippen LogP contribution in [-0.4, -0.2) is 42.2 Å². The molecule has 7 nitrogen and oxygen atoms in total. The van der Waals surface area contributed by atoms with Gasteiger partial charge in [0.1, 0.15) is 0 Å². The Morgan fingerprint density at radius 3 is 2.53 bits per heavy atom. The average molecular weight is 446 g/mol. The predicted octanol–water partition coefficient (Wildman–Crippen LogP) is 3.84. The number of esters is 1. The van der Waals surface area contributed by atoms with Crippen LogP contribution in [0.5, 0.6) is 0 Å². The van der Waals surface area contributed by atoms with Gasteiger partial charge in [-0.2, -0.15) is 0 Å². The molecule has 4 rings (SSSR count). The third-order valence-electron chi connectivity index (χ3n) is 4.79. The maximum Gasteiger partial charge on any atom is 0.331 e. The van der Waals surface area contributed by atoms with E-state index in [1.165, 1.54) is 42.7 Å². The van der Waals surface area contributed by atoms with Crippen LogP contribution in [0.1, 0.15) is 25.6 Å². The molecule has 2 heterocycles. The zero-order valence-corrected chi connectivity index (χ0v) is 17.8. The van der Waals surface area contributed by atoms with Crippen LogP contribution < -0.4 is 5.32 Å². The highest BCUT2D eigenvalue weighted by molar-refractivity contribution is 7.16. The minimum atomic E-state index is -0.647. The van der Waals surface area contributed by atoms with Gasteiger partial charge in [-0.25, -0.2) is 4.79 Å². The minimum absolute atomic E-state index is 0.223. The van der Waals surface area contributed by atoms with Crippen LogP contribution >= 0.6 is 11.3 Å². The Bertz CT molecular complexity index is 1250. The molecule has 2 aromatic carbocycles. The SMILES string of the molecule is CN1C(=O)c2ccc(NC(=O)COC(=O)/C=C/c3ccc(-c4ccccc4)s3)cc2C1=O. The minimum Gasteiger partial charge on any atom is -0.452 e. The number of carbonyl (C=O) groups excluding carboxylic acids is 4. The maximum atomic E-state index is 12.1. The van der Waals surface area contributed by atoms with Gasteiger partial charge in [0.25, 0.3) is 17.7 Å². The molecule has 0 unspecified atom stereocenters. The van der Waals surface area contributed by atoms with Crippen LogP contribution in [0.25, 0.3) is 16.5 Å². The monoisotopic (exact) mass is 446 g/mol. The third-order valence-corrected chi connectivity index (χ3v) is 5.89. The molecule has 3 amide bonds. The lowest BCUT2D eigenvalue weighted by atomic mass is 10.1. The molecule has 8 heteroatoms. The Morgan fingerprint density at radius 2 is 1.75 bits per heavy atom. The van der Waals surface area contributed by atoms with E-state index in [4.69, 9.17) is 4.74 Å². The van der Waals surface area contributed by atoms with Crippen molar-refractivity contribution in [3.8, 4) is 10.4 Å².